The van der Waals surface area contributed by atoms with E-state index < -0.39 is 0 Å². The summed E-state index contributed by atoms with van der Waals surface area (Å²) >= 11 is 0. The van der Waals surface area contributed by atoms with Gasteiger partial charge in [0.2, 0.25) is 11.9 Å². The lowest BCUT2D eigenvalue weighted by molar-refractivity contribution is 0.256. The number of aryl methyl sites for hydroxylation is 3. The number of guanidine groups is 1. The third-order valence-corrected chi connectivity index (χ3v) is 4.70. The maximum atomic E-state index is 4.63. The van der Waals surface area contributed by atoms with Gasteiger partial charge in [-0.25, -0.2) is 15.0 Å². The number of aromatic nitrogens is 2. The van der Waals surface area contributed by atoms with Gasteiger partial charge in [0.1, 0.15) is 0 Å². The van der Waals surface area contributed by atoms with Crippen molar-refractivity contribution in [3.8, 4) is 0 Å². The van der Waals surface area contributed by atoms with Gasteiger partial charge in [-0.05, 0) is 38.0 Å². The molecule has 1 aliphatic heterocycles. The van der Waals surface area contributed by atoms with Gasteiger partial charge in [0.15, 0.2) is 0 Å². The van der Waals surface area contributed by atoms with E-state index in [1.807, 2.05) is 6.92 Å². The summed E-state index contributed by atoms with van der Waals surface area (Å²) in [5, 5.41) is 7.61. The first-order valence-electron chi connectivity index (χ1n) is 9.15. The summed E-state index contributed by atoms with van der Waals surface area (Å²) in [6.07, 6.45) is 0. The molecule has 6 heteroatoms. The third-order valence-electron chi connectivity index (χ3n) is 4.70. The van der Waals surface area contributed by atoms with Crippen LogP contribution in [0, 0.1) is 20.8 Å². The van der Waals surface area contributed by atoms with Crippen LogP contribution in [-0.4, -0.2) is 34.2 Å². The lowest BCUT2D eigenvalue weighted by atomic mass is 10.1. The molecular weight excluding hydrogens is 336 g/mol. The Bertz CT molecular complexity index is 993. The van der Waals surface area contributed by atoms with Crippen LogP contribution < -0.4 is 10.6 Å². The fourth-order valence-electron chi connectivity index (χ4n) is 3.16. The molecule has 6 nitrogen and oxygen atoms in total. The minimum Gasteiger partial charge on any atom is -0.343 e. The van der Waals surface area contributed by atoms with Gasteiger partial charge in [0, 0.05) is 11.9 Å². The van der Waals surface area contributed by atoms with Crippen molar-refractivity contribution in [1.82, 2.24) is 20.2 Å². The zero-order chi connectivity index (χ0) is 18.8. The molecule has 0 fully saturated rings. The molecule has 2 heterocycles. The van der Waals surface area contributed by atoms with E-state index in [0.29, 0.717) is 18.6 Å². The van der Waals surface area contributed by atoms with Crippen molar-refractivity contribution in [1.29, 1.82) is 0 Å². The third kappa shape index (κ3) is 4.06. The van der Waals surface area contributed by atoms with E-state index in [9.17, 15) is 0 Å². The predicted molar refractivity (Wildman–Crippen MR) is 110 cm³/mol. The summed E-state index contributed by atoms with van der Waals surface area (Å²) < 4.78 is 0. The average molecular weight is 360 g/mol. The Balaban J connectivity index is 1.44. The van der Waals surface area contributed by atoms with Crippen molar-refractivity contribution < 1.29 is 0 Å². The Kier molecular flexibility index (Phi) is 4.73. The van der Waals surface area contributed by atoms with Crippen LogP contribution in [0.2, 0.25) is 0 Å². The molecule has 0 bridgehead atoms. The smallest absolute Gasteiger partial charge is 0.230 e. The lowest BCUT2D eigenvalue weighted by Crippen LogP contribution is -2.45. The number of hydrogen-bond acceptors (Lipinski definition) is 6. The highest BCUT2D eigenvalue weighted by atomic mass is 15.4. The van der Waals surface area contributed by atoms with Gasteiger partial charge in [0.25, 0.3) is 0 Å². The van der Waals surface area contributed by atoms with Crippen LogP contribution in [0.1, 0.15) is 22.4 Å². The molecule has 138 valence electrons. The molecule has 0 aliphatic carbocycles. The molecule has 1 aliphatic rings. The van der Waals surface area contributed by atoms with Crippen molar-refractivity contribution in [2.45, 2.75) is 27.3 Å². The van der Waals surface area contributed by atoms with Crippen LogP contribution in [0.5, 0.6) is 0 Å². The minimum absolute atomic E-state index is 0.573. The van der Waals surface area contributed by atoms with E-state index in [-0.39, 0.29) is 0 Å². The van der Waals surface area contributed by atoms with Gasteiger partial charge in [-0.15, -0.1) is 0 Å². The van der Waals surface area contributed by atoms with E-state index in [1.54, 1.807) is 0 Å². The average Bonchev–Trinajstić information content (AvgIpc) is 2.65. The van der Waals surface area contributed by atoms with E-state index >= 15 is 0 Å². The topological polar surface area (TPSA) is 65.4 Å². The molecule has 0 atom stereocenters. The summed E-state index contributed by atoms with van der Waals surface area (Å²) in [5.41, 5.74) is 5.66. The highest BCUT2D eigenvalue weighted by Gasteiger charge is 2.14. The molecule has 3 aromatic rings. The second kappa shape index (κ2) is 7.32. The van der Waals surface area contributed by atoms with Crippen LogP contribution >= 0.6 is 0 Å². The number of nitrogens with zero attached hydrogens (tertiary/aromatic N) is 4. The normalized spacial score (nSPS) is 14.7. The highest BCUT2D eigenvalue weighted by Crippen LogP contribution is 2.18. The summed E-state index contributed by atoms with van der Waals surface area (Å²) in [4.78, 5) is 16.0. The highest BCUT2D eigenvalue weighted by molar-refractivity contribution is 5.93. The molecule has 0 unspecified atom stereocenters. The quantitative estimate of drug-likeness (QED) is 0.750. The molecule has 1 aromatic heterocycles. The zero-order valence-corrected chi connectivity index (χ0v) is 16.0. The molecule has 27 heavy (non-hydrogen) atoms. The number of fused-ring (bicyclic) bond motifs is 1. The van der Waals surface area contributed by atoms with E-state index in [1.165, 1.54) is 16.7 Å². The SMILES string of the molecule is Cc1ccc(CN2CN=C(Nc3nc(C)c4ccc(C)cc4n3)NC2)cc1. The van der Waals surface area contributed by atoms with Gasteiger partial charge >= 0.3 is 0 Å². The first-order valence-corrected chi connectivity index (χ1v) is 9.15. The molecule has 0 amide bonds. The van der Waals surface area contributed by atoms with Crippen LogP contribution in [0.3, 0.4) is 0 Å². The maximum absolute atomic E-state index is 4.63. The summed E-state index contributed by atoms with van der Waals surface area (Å²) in [5.74, 6) is 1.28. The standard InChI is InChI=1S/C21H24N6/c1-14-4-7-17(8-5-14)11-27-12-22-20(23-13-27)26-21-24-16(3)18-9-6-15(2)10-19(18)25-21/h4-10H,11-13H2,1-3H3,(H2,22,23,24,25,26). The largest absolute Gasteiger partial charge is 0.343 e. The van der Waals surface area contributed by atoms with Crippen molar-refractivity contribution in [3.63, 3.8) is 0 Å². The molecule has 2 N–H and O–H groups in total. The number of hydrogen-bond donors (Lipinski definition) is 2. The van der Waals surface area contributed by atoms with Gasteiger partial charge in [-0.2, -0.15) is 0 Å². The fraction of sp³-hybridized carbons (Fsp3) is 0.286. The van der Waals surface area contributed by atoms with Crippen LogP contribution in [0.4, 0.5) is 5.95 Å². The van der Waals surface area contributed by atoms with Gasteiger partial charge in [-0.1, -0.05) is 42.0 Å². The van der Waals surface area contributed by atoms with Crippen molar-refractivity contribution in [3.05, 3.63) is 64.8 Å². The molecule has 0 radical (unpaired) electrons. The second-order valence-electron chi connectivity index (χ2n) is 7.08. The van der Waals surface area contributed by atoms with Crippen LogP contribution in [0.15, 0.2) is 47.5 Å². The van der Waals surface area contributed by atoms with Crippen LogP contribution in [0.25, 0.3) is 10.9 Å². The first-order chi connectivity index (χ1) is 13.1. The van der Waals surface area contributed by atoms with Crippen molar-refractivity contribution in [2.75, 3.05) is 18.7 Å². The first kappa shape index (κ1) is 17.4. The van der Waals surface area contributed by atoms with Gasteiger partial charge < -0.3 is 5.32 Å². The minimum atomic E-state index is 0.573. The Morgan fingerprint density at radius 1 is 1.00 bits per heavy atom. The number of aliphatic imine (C=N–C) groups is 1. The molecule has 4 rings (SSSR count). The van der Waals surface area contributed by atoms with Crippen molar-refractivity contribution in [2.24, 2.45) is 4.99 Å². The predicted octanol–water partition coefficient (Wildman–Crippen LogP) is 3.34. The maximum Gasteiger partial charge on any atom is 0.230 e. The Morgan fingerprint density at radius 3 is 2.52 bits per heavy atom. The van der Waals surface area contributed by atoms with E-state index in [4.69, 9.17) is 0 Å². The zero-order valence-electron chi connectivity index (χ0n) is 16.0. The van der Waals surface area contributed by atoms with E-state index in [2.05, 4.69) is 86.8 Å². The number of rotatable bonds is 3. The Morgan fingerprint density at radius 2 is 1.78 bits per heavy atom. The van der Waals surface area contributed by atoms with Gasteiger partial charge in [-0.3, -0.25) is 10.2 Å². The lowest BCUT2D eigenvalue weighted by Gasteiger charge is -2.27. The molecule has 0 spiro atoms. The Hall–Kier alpha value is -2.99. The van der Waals surface area contributed by atoms with Crippen LogP contribution in [-0.2, 0) is 6.54 Å². The number of benzene rings is 2. The summed E-state index contributed by atoms with van der Waals surface area (Å²) in [6.45, 7) is 8.41. The number of nitrogens with one attached hydrogen (secondary N) is 2. The monoisotopic (exact) mass is 360 g/mol. The Labute approximate surface area is 159 Å². The fourth-order valence-corrected chi connectivity index (χ4v) is 3.16. The second-order valence-corrected chi connectivity index (χ2v) is 7.08. The molecular formula is C21H24N6. The van der Waals surface area contributed by atoms with Crippen molar-refractivity contribution >= 4 is 22.8 Å². The molecule has 2 aromatic carbocycles. The number of anilines is 1. The van der Waals surface area contributed by atoms with E-state index in [0.717, 1.165) is 29.8 Å². The summed E-state index contributed by atoms with van der Waals surface area (Å²) in [6, 6.07) is 14.9. The summed E-state index contributed by atoms with van der Waals surface area (Å²) in [7, 11) is 0. The molecule has 0 saturated carbocycles. The molecule has 0 saturated heterocycles. The van der Waals surface area contributed by atoms with Gasteiger partial charge in [0.05, 0.1) is 24.5 Å².